The van der Waals surface area contributed by atoms with Crippen molar-refractivity contribution in [2.24, 2.45) is 0 Å². The van der Waals surface area contributed by atoms with E-state index in [0.717, 1.165) is 25.8 Å². The molecule has 2 N–H and O–H groups in total. The van der Waals surface area contributed by atoms with Crippen molar-refractivity contribution in [2.45, 2.75) is 65.5 Å². The summed E-state index contributed by atoms with van der Waals surface area (Å²) >= 11 is 0. The number of anilines is 1. The van der Waals surface area contributed by atoms with Gasteiger partial charge in [0.05, 0.1) is 6.04 Å². The molecule has 5 nitrogen and oxygen atoms in total. The standard InChI is InChI=1S/C13H26N4O/c1-6-9-14-10(4)11-16-17-12(18-11)15-13(5,7-2)8-3/h10,14H,6-9H2,1-5H3,(H,15,17). The highest BCUT2D eigenvalue weighted by molar-refractivity contribution is 5.23. The van der Waals surface area contributed by atoms with E-state index in [0.29, 0.717) is 11.9 Å². The third-order valence-electron chi connectivity index (χ3n) is 3.48. The molecule has 5 heteroatoms. The van der Waals surface area contributed by atoms with Gasteiger partial charge in [0.25, 0.3) is 0 Å². The van der Waals surface area contributed by atoms with E-state index in [-0.39, 0.29) is 11.6 Å². The van der Waals surface area contributed by atoms with E-state index < -0.39 is 0 Å². The number of rotatable bonds is 8. The fraction of sp³-hybridized carbons (Fsp3) is 0.846. The van der Waals surface area contributed by atoms with Crippen LogP contribution in [0.2, 0.25) is 0 Å². The van der Waals surface area contributed by atoms with Crippen LogP contribution in [-0.4, -0.2) is 22.3 Å². The van der Waals surface area contributed by atoms with Crippen molar-refractivity contribution in [1.82, 2.24) is 15.5 Å². The predicted molar refractivity (Wildman–Crippen MR) is 73.6 cm³/mol. The molecule has 0 fully saturated rings. The average Bonchev–Trinajstić information content (AvgIpc) is 2.84. The first-order valence-electron chi connectivity index (χ1n) is 6.89. The molecule has 0 amide bonds. The van der Waals surface area contributed by atoms with Crippen molar-refractivity contribution in [1.29, 1.82) is 0 Å². The van der Waals surface area contributed by atoms with Gasteiger partial charge in [-0.2, -0.15) is 0 Å². The van der Waals surface area contributed by atoms with Gasteiger partial charge in [-0.25, -0.2) is 0 Å². The van der Waals surface area contributed by atoms with Crippen molar-refractivity contribution in [3.63, 3.8) is 0 Å². The lowest BCUT2D eigenvalue weighted by Crippen LogP contribution is -2.33. The number of aromatic nitrogens is 2. The summed E-state index contributed by atoms with van der Waals surface area (Å²) in [7, 11) is 0. The Morgan fingerprint density at radius 1 is 1.22 bits per heavy atom. The zero-order valence-corrected chi connectivity index (χ0v) is 12.2. The highest BCUT2D eigenvalue weighted by Gasteiger charge is 2.22. The van der Waals surface area contributed by atoms with Gasteiger partial charge in [-0.1, -0.05) is 25.9 Å². The molecule has 0 aliphatic rings. The summed E-state index contributed by atoms with van der Waals surface area (Å²) in [6.45, 7) is 11.6. The van der Waals surface area contributed by atoms with Gasteiger partial charge in [-0.3, -0.25) is 0 Å². The van der Waals surface area contributed by atoms with Gasteiger partial charge in [0.15, 0.2) is 0 Å². The average molecular weight is 254 g/mol. The van der Waals surface area contributed by atoms with Crippen LogP contribution in [0.25, 0.3) is 0 Å². The first kappa shape index (κ1) is 15.0. The van der Waals surface area contributed by atoms with Crippen molar-refractivity contribution in [3.05, 3.63) is 5.89 Å². The fourth-order valence-corrected chi connectivity index (χ4v) is 1.59. The molecule has 1 aromatic rings. The largest absolute Gasteiger partial charge is 0.406 e. The Kier molecular flexibility index (Phi) is 5.59. The molecule has 18 heavy (non-hydrogen) atoms. The third-order valence-corrected chi connectivity index (χ3v) is 3.48. The molecule has 0 spiro atoms. The lowest BCUT2D eigenvalue weighted by Gasteiger charge is -2.26. The second-order valence-corrected chi connectivity index (χ2v) is 5.01. The molecule has 1 unspecified atom stereocenters. The molecule has 0 aliphatic heterocycles. The Labute approximate surface area is 110 Å². The van der Waals surface area contributed by atoms with Crippen molar-refractivity contribution < 1.29 is 4.42 Å². The van der Waals surface area contributed by atoms with Crippen molar-refractivity contribution in [3.8, 4) is 0 Å². The van der Waals surface area contributed by atoms with E-state index in [4.69, 9.17) is 4.42 Å². The molecule has 0 aliphatic carbocycles. The number of hydrogen-bond acceptors (Lipinski definition) is 5. The Bertz CT molecular complexity index is 347. The van der Waals surface area contributed by atoms with E-state index in [1.807, 2.05) is 6.92 Å². The minimum atomic E-state index is 0.0177. The smallest absolute Gasteiger partial charge is 0.315 e. The van der Waals surface area contributed by atoms with Gasteiger partial charge in [-0.15, -0.1) is 5.10 Å². The van der Waals surface area contributed by atoms with Crippen LogP contribution >= 0.6 is 0 Å². The lowest BCUT2D eigenvalue weighted by atomic mass is 9.96. The molecule has 0 saturated heterocycles. The van der Waals surface area contributed by atoms with Crippen molar-refractivity contribution >= 4 is 6.01 Å². The molecule has 0 radical (unpaired) electrons. The van der Waals surface area contributed by atoms with Crippen LogP contribution in [0.1, 0.15) is 65.8 Å². The first-order chi connectivity index (χ1) is 8.54. The van der Waals surface area contributed by atoms with Gasteiger partial charge in [0, 0.05) is 5.54 Å². The highest BCUT2D eigenvalue weighted by atomic mass is 16.4. The molecule has 104 valence electrons. The van der Waals surface area contributed by atoms with E-state index in [1.54, 1.807) is 0 Å². The third kappa shape index (κ3) is 3.98. The normalized spacial score (nSPS) is 13.6. The van der Waals surface area contributed by atoms with Crippen LogP contribution < -0.4 is 10.6 Å². The molecule has 1 heterocycles. The minimum Gasteiger partial charge on any atom is -0.406 e. The lowest BCUT2D eigenvalue weighted by molar-refractivity contribution is 0.404. The van der Waals surface area contributed by atoms with Gasteiger partial charge >= 0.3 is 6.01 Å². The number of hydrogen-bond donors (Lipinski definition) is 2. The molecule has 1 rings (SSSR count). The van der Waals surface area contributed by atoms with Crippen LogP contribution in [0.15, 0.2) is 4.42 Å². The van der Waals surface area contributed by atoms with Crippen LogP contribution in [0, 0.1) is 0 Å². The zero-order chi connectivity index (χ0) is 13.6. The predicted octanol–water partition coefficient (Wildman–Crippen LogP) is 3.12. The number of nitrogens with zero attached hydrogens (tertiary/aromatic N) is 2. The van der Waals surface area contributed by atoms with Gasteiger partial charge in [-0.05, 0) is 39.7 Å². The Balaban J connectivity index is 2.63. The summed E-state index contributed by atoms with van der Waals surface area (Å²) < 4.78 is 5.65. The van der Waals surface area contributed by atoms with E-state index >= 15 is 0 Å². The second kappa shape index (κ2) is 6.73. The van der Waals surface area contributed by atoms with Crippen molar-refractivity contribution in [2.75, 3.05) is 11.9 Å². The monoisotopic (exact) mass is 254 g/mol. The summed E-state index contributed by atoms with van der Waals surface area (Å²) in [5.41, 5.74) is 0.0177. The van der Waals surface area contributed by atoms with Gasteiger partial charge in [0.2, 0.25) is 5.89 Å². The molecule has 0 bridgehead atoms. The van der Waals surface area contributed by atoms with Crippen LogP contribution in [0.5, 0.6) is 0 Å². The Hall–Kier alpha value is -1.10. The molecule has 0 aromatic carbocycles. The zero-order valence-electron chi connectivity index (χ0n) is 12.2. The minimum absolute atomic E-state index is 0.0177. The molecule has 1 aromatic heterocycles. The summed E-state index contributed by atoms with van der Waals surface area (Å²) in [5, 5.41) is 14.8. The molecular weight excluding hydrogens is 228 g/mol. The van der Waals surface area contributed by atoms with E-state index in [1.165, 1.54) is 0 Å². The summed E-state index contributed by atoms with van der Waals surface area (Å²) in [4.78, 5) is 0. The maximum absolute atomic E-state index is 5.65. The Morgan fingerprint density at radius 2 is 1.89 bits per heavy atom. The van der Waals surface area contributed by atoms with Gasteiger partial charge < -0.3 is 15.1 Å². The number of nitrogens with one attached hydrogen (secondary N) is 2. The summed E-state index contributed by atoms with van der Waals surface area (Å²) in [6, 6.07) is 0.615. The van der Waals surface area contributed by atoms with Crippen LogP contribution in [-0.2, 0) is 0 Å². The van der Waals surface area contributed by atoms with Gasteiger partial charge in [0.1, 0.15) is 0 Å². The first-order valence-corrected chi connectivity index (χ1v) is 6.89. The highest BCUT2D eigenvalue weighted by Crippen LogP contribution is 2.22. The maximum Gasteiger partial charge on any atom is 0.315 e. The Morgan fingerprint density at radius 3 is 2.44 bits per heavy atom. The summed E-state index contributed by atoms with van der Waals surface area (Å²) in [5.74, 6) is 0.639. The van der Waals surface area contributed by atoms with Crippen LogP contribution in [0.3, 0.4) is 0 Å². The molecule has 1 atom stereocenters. The quantitative estimate of drug-likeness (QED) is 0.746. The van der Waals surface area contributed by atoms with E-state index in [2.05, 4.69) is 48.5 Å². The van der Waals surface area contributed by atoms with E-state index in [9.17, 15) is 0 Å². The molecular formula is C13H26N4O. The SMILES string of the molecule is CCCNC(C)c1nnc(NC(C)(CC)CC)o1. The molecule has 0 saturated carbocycles. The fourth-order valence-electron chi connectivity index (χ4n) is 1.59. The maximum atomic E-state index is 5.65. The topological polar surface area (TPSA) is 63.0 Å². The second-order valence-electron chi connectivity index (χ2n) is 5.01. The summed E-state index contributed by atoms with van der Waals surface area (Å²) in [6.07, 6.45) is 3.13. The van der Waals surface area contributed by atoms with Crippen LogP contribution in [0.4, 0.5) is 6.01 Å².